The van der Waals surface area contributed by atoms with Crippen LogP contribution in [0.4, 0.5) is 0 Å². The van der Waals surface area contributed by atoms with Crippen molar-refractivity contribution in [1.29, 1.82) is 0 Å². The van der Waals surface area contributed by atoms with Gasteiger partial charge >= 0.3 is 0 Å². The first-order chi connectivity index (χ1) is 10.1. The van der Waals surface area contributed by atoms with Crippen molar-refractivity contribution in [2.45, 2.75) is 44.4 Å². The molecule has 4 nitrogen and oxygen atoms in total. The van der Waals surface area contributed by atoms with Gasteiger partial charge in [0.15, 0.2) is 0 Å². The molecule has 0 heterocycles. The molecule has 0 aliphatic carbocycles. The fourth-order valence-electron chi connectivity index (χ4n) is 2.73. The Morgan fingerprint density at radius 2 is 1.27 bits per heavy atom. The quantitative estimate of drug-likeness (QED) is 0.888. The van der Waals surface area contributed by atoms with Crippen LogP contribution in [-0.4, -0.2) is 18.6 Å². The molecule has 0 unspecified atom stereocenters. The number of aromatic hydroxyl groups is 2. The van der Waals surface area contributed by atoms with Crippen molar-refractivity contribution in [3.8, 4) is 11.5 Å². The van der Waals surface area contributed by atoms with Crippen LogP contribution in [0.2, 0.25) is 0 Å². The maximum absolute atomic E-state index is 13.2. The lowest BCUT2D eigenvalue weighted by Gasteiger charge is -2.18. The van der Waals surface area contributed by atoms with Crippen molar-refractivity contribution in [3.05, 3.63) is 46.0 Å². The molecule has 2 aromatic rings. The first kappa shape index (κ1) is 16.4. The van der Waals surface area contributed by atoms with Gasteiger partial charge in [0.05, 0.1) is 9.79 Å². The largest absolute Gasteiger partial charge is 0.508 e. The molecule has 118 valence electrons. The molecule has 0 fully saturated rings. The van der Waals surface area contributed by atoms with Crippen LogP contribution in [0.1, 0.15) is 27.8 Å². The van der Waals surface area contributed by atoms with Crippen LogP contribution >= 0.6 is 0 Å². The SMILES string of the molecule is Cc1cc(O)c(C)c(S(=O)(=O)c2c(C)ccc(O)c2C)c1C. The molecule has 0 radical (unpaired) electrons. The molecule has 0 atom stereocenters. The number of benzene rings is 2. The summed E-state index contributed by atoms with van der Waals surface area (Å²) in [6, 6.07) is 4.62. The molecular formula is C17H20O4S. The normalized spacial score (nSPS) is 11.7. The van der Waals surface area contributed by atoms with Gasteiger partial charge in [-0.25, -0.2) is 8.42 Å². The summed E-state index contributed by atoms with van der Waals surface area (Å²) in [6.07, 6.45) is 0. The Labute approximate surface area is 131 Å². The van der Waals surface area contributed by atoms with Crippen molar-refractivity contribution in [3.63, 3.8) is 0 Å². The standard InChI is InChI=1S/C17H20O4S/c1-9-6-7-14(18)12(4)16(9)22(20,21)17-11(3)10(2)8-15(19)13(17)5/h6-8,18-19H,1-5H3. The van der Waals surface area contributed by atoms with Crippen molar-refractivity contribution in [2.75, 3.05) is 0 Å². The van der Waals surface area contributed by atoms with Gasteiger partial charge in [0.25, 0.3) is 0 Å². The lowest BCUT2D eigenvalue weighted by atomic mass is 10.1. The average Bonchev–Trinajstić information content (AvgIpc) is 2.41. The van der Waals surface area contributed by atoms with E-state index in [2.05, 4.69) is 0 Å². The van der Waals surface area contributed by atoms with E-state index in [0.29, 0.717) is 27.8 Å². The number of phenolic OH excluding ortho intramolecular Hbond substituents is 2. The second-order valence-corrected chi connectivity index (χ2v) is 7.47. The Balaban J connectivity index is 2.93. The van der Waals surface area contributed by atoms with E-state index in [-0.39, 0.29) is 21.3 Å². The predicted octanol–water partition coefficient (Wildman–Crippen LogP) is 3.47. The van der Waals surface area contributed by atoms with E-state index in [1.54, 1.807) is 46.8 Å². The summed E-state index contributed by atoms with van der Waals surface area (Å²) in [5.41, 5.74) is 2.52. The Kier molecular flexibility index (Phi) is 3.96. The molecule has 0 spiro atoms. The van der Waals surface area contributed by atoms with Crippen LogP contribution < -0.4 is 0 Å². The van der Waals surface area contributed by atoms with Crippen LogP contribution in [0.3, 0.4) is 0 Å². The summed E-state index contributed by atoms with van der Waals surface area (Å²) in [4.78, 5) is 0.213. The molecule has 2 rings (SSSR count). The molecule has 5 heteroatoms. The predicted molar refractivity (Wildman–Crippen MR) is 85.4 cm³/mol. The van der Waals surface area contributed by atoms with Gasteiger partial charge < -0.3 is 10.2 Å². The zero-order valence-corrected chi connectivity index (χ0v) is 14.2. The summed E-state index contributed by atoms with van der Waals surface area (Å²) in [5.74, 6) is -0.103. The summed E-state index contributed by atoms with van der Waals surface area (Å²) in [5, 5.41) is 19.9. The molecule has 0 saturated heterocycles. The Morgan fingerprint density at radius 3 is 1.86 bits per heavy atom. The number of sulfone groups is 1. The van der Waals surface area contributed by atoms with E-state index in [4.69, 9.17) is 0 Å². The smallest absolute Gasteiger partial charge is 0.207 e. The molecule has 0 bridgehead atoms. The fraction of sp³-hybridized carbons (Fsp3) is 0.294. The van der Waals surface area contributed by atoms with Gasteiger partial charge in [-0.15, -0.1) is 0 Å². The molecule has 2 aromatic carbocycles. The van der Waals surface area contributed by atoms with Crippen molar-refractivity contribution >= 4 is 9.84 Å². The van der Waals surface area contributed by atoms with Crippen molar-refractivity contribution in [1.82, 2.24) is 0 Å². The second kappa shape index (κ2) is 5.32. The number of hydrogen-bond acceptors (Lipinski definition) is 4. The first-order valence-corrected chi connectivity index (χ1v) is 8.41. The Morgan fingerprint density at radius 1 is 0.727 bits per heavy atom. The highest BCUT2D eigenvalue weighted by atomic mass is 32.2. The maximum atomic E-state index is 13.2. The Hall–Kier alpha value is -2.01. The highest BCUT2D eigenvalue weighted by molar-refractivity contribution is 7.91. The molecule has 2 N–H and O–H groups in total. The average molecular weight is 320 g/mol. The number of phenols is 2. The second-order valence-electron chi connectivity index (χ2n) is 5.65. The molecule has 0 aromatic heterocycles. The molecular weight excluding hydrogens is 300 g/mol. The Bertz CT molecular complexity index is 839. The van der Waals surface area contributed by atoms with Gasteiger partial charge in [0.2, 0.25) is 9.84 Å². The van der Waals surface area contributed by atoms with Gasteiger partial charge in [-0.2, -0.15) is 0 Å². The summed E-state index contributed by atoms with van der Waals surface area (Å²) >= 11 is 0. The number of rotatable bonds is 2. The van der Waals surface area contributed by atoms with E-state index < -0.39 is 9.84 Å². The molecule has 0 saturated carbocycles. The minimum atomic E-state index is -3.85. The monoisotopic (exact) mass is 320 g/mol. The topological polar surface area (TPSA) is 74.6 Å². The third-order valence-electron chi connectivity index (χ3n) is 4.12. The van der Waals surface area contributed by atoms with Gasteiger partial charge in [0, 0.05) is 11.1 Å². The van der Waals surface area contributed by atoms with E-state index in [1.165, 1.54) is 6.07 Å². The van der Waals surface area contributed by atoms with Crippen LogP contribution in [0, 0.1) is 34.6 Å². The van der Waals surface area contributed by atoms with Crippen LogP contribution in [0.5, 0.6) is 11.5 Å². The van der Waals surface area contributed by atoms with Crippen molar-refractivity contribution in [2.24, 2.45) is 0 Å². The molecule has 0 aliphatic heterocycles. The van der Waals surface area contributed by atoms with Gasteiger partial charge in [0.1, 0.15) is 11.5 Å². The lowest BCUT2D eigenvalue weighted by Crippen LogP contribution is -2.11. The zero-order chi connectivity index (χ0) is 16.8. The summed E-state index contributed by atoms with van der Waals surface area (Å²) < 4.78 is 26.3. The summed E-state index contributed by atoms with van der Waals surface area (Å²) in [7, 11) is -3.85. The highest BCUT2D eigenvalue weighted by Gasteiger charge is 2.28. The van der Waals surface area contributed by atoms with E-state index in [1.807, 2.05) is 0 Å². The number of aryl methyl sites for hydroxylation is 2. The van der Waals surface area contributed by atoms with Crippen molar-refractivity contribution < 1.29 is 18.6 Å². The highest BCUT2D eigenvalue weighted by Crippen LogP contribution is 2.37. The van der Waals surface area contributed by atoms with Gasteiger partial charge in [-0.1, -0.05) is 6.07 Å². The minimum absolute atomic E-state index is 0.0443. The summed E-state index contributed by atoms with van der Waals surface area (Å²) in [6.45, 7) is 8.34. The van der Waals surface area contributed by atoms with Gasteiger partial charge in [-0.05, 0) is 63.4 Å². The lowest BCUT2D eigenvalue weighted by molar-refractivity contribution is 0.466. The van der Waals surface area contributed by atoms with E-state index >= 15 is 0 Å². The van der Waals surface area contributed by atoms with E-state index in [0.717, 1.165) is 0 Å². The maximum Gasteiger partial charge on any atom is 0.207 e. The molecule has 0 amide bonds. The molecule has 22 heavy (non-hydrogen) atoms. The molecule has 0 aliphatic rings. The van der Waals surface area contributed by atoms with Crippen LogP contribution in [0.25, 0.3) is 0 Å². The minimum Gasteiger partial charge on any atom is -0.508 e. The van der Waals surface area contributed by atoms with Crippen LogP contribution in [-0.2, 0) is 9.84 Å². The fourth-order valence-corrected chi connectivity index (χ4v) is 5.01. The number of hydrogen-bond donors (Lipinski definition) is 2. The van der Waals surface area contributed by atoms with E-state index in [9.17, 15) is 18.6 Å². The third kappa shape index (κ3) is 2.35. The van der Waals surface area contributed by atoms with Gasteiger partial charge in [-0.3, -0.25) is 0 Å². The van der Waals surface area contributed by atoms with Crippen LogP contribution in [0.15, 0.2) is 28.0 Å². The first-order valence-electron chi connectivity index (χ1n) is 6.93. The zero-order valence-electron chi connectivity index (χ0n) is 13.4. The third-order valence-corrected chi connectivity index (χ3v) is 6.44.